The van der Waals surface area contributed by atoms with Crippen LogP contribution < -0.4 is 0 Å². The van der Waals surface area contributed by atoms with Crippen LogP contribution in [0.1, 0.15) is 12.8 Å². The second-order valence-corrected chi connectivity index (χ2v) is 3.77. The van der Waals surface area contributed by atoms with Crippen molar-refractivity contribution in [3.05, 3.63) is 12.2 Å². The highest BCUT2D eigenvalue weighted by Crippen LogP contribution is 2.32. The summed E-state index contributed by atoms with van der Waals surface area (Å²) in [5.41, 5.74) is 0. The predicted molar refractivity (Wildman–Crippen MR) is 39.1 cm³/mol. The van der Waals surface area contributed by atoms with Gasteiger partial charge in [0.05, 0.1) is 4.08 Å². The van der Waals surface area contributed by atoms with Crippen molar-refractivity contribution < 1.29 is 0 Å². The Labute approximate surface area is 54.8 Å². The van der Waals surface area contributed by atoms with E-state index in [-0.39, 0.29) is 4.08 Å². The molecule has 0 aromatic carbocycles. The molecule has 1 rings (SSSR count). The molecule has 40 valence electrons. The van der Waals surface area contributed by atoms with Crippen LogP contribution in [0.4, 0.5) is 0 Å². The number of rotatable bonds is 0. The molecular formula is C5H8S2. The fourth-order valence-electron chi connectivity index (χ4n) is 0.651. The van der Waals surface area contributed by atoms with E-state index in [0.717, 1.165) is 12.8 Å². The summed E-state index contributed by atoms with van der Waals surface area (Å²) in [7, 11) is 0. The van der Waals surface area contributed by atoms with Crippen molar-refractivity contribution in [2.24, 2.45) is 0 Å². The third kappa shape index (κ3) is 1.42. The molecule has 0 radical (unpaired) electrons. The zero-order valence-electron chi connectivity index (χ0n) is 3.96. The van der Waals surface area contributed by atoms with E-state index in [1.807, 2.05) is 6.08 Å². The van der Waals surface area contributed by atoms with Gasteiger partial charge in [-0.2, -0.15) is 25.3 Å². The Morgan fingerprint density at radius 2 is 2.14 bits per heavy atom. The largest absolute Gasteiger partial charge is 0.158 e. The van der Waals surface area contributed by atoms with Gasteiger partial charge >= 0.3 is 0 Å². The number of hydrogen-bond donors (Lipinski definition) is 2. The summed E-state index contributed by atoms with van der Waals surface area (Å²) >= 11 is 8.45. The standard InChI is InChI=1S/C5H8S2/c6-5(7)3-1-2-4-5/h1,3,6-7H,2,4H2. The van der Waals surface area contributed by atoms with Crippen LogP contribution in [0.25, 0.3) is 0 Å². The summed E-state index contributed by atoms with van der Waals surface area (Å²) < 4.78 is -0.0972. The summed E-state index contributed by atoms with van der Waals surface area (Å²) in [6.07, 6.45) is 6.34. The zero-order chi connectivity index (χ0) is 5.33. The molecule has 1 aliphatic carbocycles. The molecule has 0 saturated heterocycles. The molecule has 0 amide bonds. The molecule has 1 aliphatic rings. The van der Waals surface area contributed by atoms with E-state index in [1.54, 1.807) is 0 Å². The molecule has 0 nitrogen and oxygen atoms in total. The first kappa shape index (κ1) is 5.57. The fourth-order valence-corrected chi connectivity index (χ4v) is 1.12. The average Bonchev–Trinajstić information content (AvgIpc) is 1.84. The van der Waals surface area contributed by atoms with Gasteiger partial charge in [0, 0.05) is 0 Å². The molecule has 0 atom stereocenters. The van der Waals surface area contributed by atoms with E-state index in [0.29, 0.717) is 0 Å². The van der Waals surface area contributed by atoms with Crippen LogP contribution in [0, 0.1) is 0 Å². The number of hydrogen-bond acceptors (Lipinski definition) is 2. The quantitative estimate of drug-likeness (QED) is 0.281. The molecule has 2 heteroatoms. The highest BCUT2D eigenvalue weighted by atomic mass is 32.2. The lowest BCUT2D eigenvalue weighted by Crippen LogP contribution is -2.01. The summed E-state index contributed by atoms with van der Waals surface area (Å²) in [5.74, 6) is 0. The Morgan fingerprint density at radius 1 is 1.43 bits per heavy atom. The van der Waals surface area contributed by atoms with Gasteiger partial charge in [-0.05, 0) is 12.8 Å². The average molecular weight is 132 g/mol. The lowest BCUT2D eigenvalue weighted by Gasteiger charge is -2.09. The molecule has 0 saturated carbocycles. The van der Waals surface area contributed by atoms with E-state index in [2.05, 4.69) is 31.3 Å². The smallest absolute Gasteiger partial charge is 0.0735 e. The molecule has 0 aliphatic heterocycles. The third-order valence-corrected chi connectivity index (χ3v) is 1.81. The Bertz CT molecular complexity index is 94.3. The molecule has 0 fully saturated rings. The Morgan fingerprint density at radius 3 is 2.29 bits per heavy atom. The van der Waals surface area contributed by atoms with E-state index in [4.69, 9.17) is 0 Å². The maximum absolute atomic E-state index is 4.23. The molecule has 0 aromatic heterocycles. The van der Waals surface area contributed by atoms with E-state index < -0.39 is 0 Å². The van der Waals surface area contributed by atoms with Gasteiger partial charge in [-0.1, -0.05) is 12.2 Å². The third-order valence-electron chi connectivity index (χ3n) is 1.06. The van der Waals surface area contributed by atoms with Gasteiger partial charge in [-0.15, -0.1) is 0 Å². The minimum atomic E-state index is -0.0972. The van der Waals surface area contributed by atoms with Gasteiger partial charge in [-0.25, -0.2) is 0 Å². The summed E-state index contributed by atoms with van der Waals surface area (Å²) in [5, 5.41) is 0. The molecule has 0 N–H and O–H groups in total. The van der Waals surface area contributed by atoms with Crippen molar-refractivity contribution >= 4 is 25.3 Å². The number of allylic oxidation sites excluding steroid dienone is 1. The summed E-state index contributed by atoms with van der Waals surface area (Å²) in [6.45, 7) is 0. The second-order valence-electron chi connectivity index (χ2n) is 1.82. The van der Waals surface area contributed by atoms with Crippen LogP contribution in [-0.4, -0.2) is 4.08 Å². The first-order chi connectivity index (χ1) is 3.21. The topological polar surface area (TPSA) is 0 Å². The highest BCUT2D eigenvalue weighted by Gasteiger charge is 2.18. The Hall–Kier alpha value is 0.440. The normalized spacial score (nSPS) is 26.0. The Kier molecular flexibility index (Phi) is 1.39. The van der Waals surface area contributed by atoms with Gasteiger partial charge in [-0.3, -0.25) is 0 Å². The Balaban J connectivity index is 2.57. The lowest BCUT2D eigenvalue weighted by molar-refractivity contribution is 0.910. The first-order valence-corrected chi connectivity index (χ1v) is 3.23. The van der Waals surface area contributed by atoms with Crippen molar-refractivity contribution in [2.75, 3.05) is 0 Å². The van der Waals surface area contributed by atoms with Crippen molar-refractivity contribution in [2.45, 2.75) is 16.9 Å². The molecule has 0 aromatic rings. The minimum Gasteiger partial charge on any atom is -0.158 e. The summed E-state index contributed by atoms with van der Waals surface area (Å²) in [6, 6.07) is 0. The van der Waals surface area contributed by atoms with E-state index in [9.17, 15) is 0 Å². The molecule has 0 spiro atoms. The van der Waals surface area contributed by atoms with Crippen LogP contribution in [0.3, 0.4) is 0 Å². The predicted octanol–water partition coefficient (Wildman–Crippen LogP) is 1.89. The minimum absolute atomic E-state index is 0.0972. The van der Waals surface area contributed by atoms with Crippen LogP contribution in [0.15, 0.2) is 12.2 Å². The van der Waals surface area contributed by atoms with Crippen molar-refractivity contribution in [1.82, 2.24) is 0 Å². The van der Waals surface area contributed by atoms with Crippen LogP contribution >= 0.6 is 25.3 Å². The van der Waals surface area contributed by atoms with Crippen molar-refractivity contribution in [3.8, 4) is 0 Å². The molecule has 0 heterocycles. The first-order valence-electron chi connectivity index (χ1n) is 2.33. The molecule has 0 bridgehead atoms. The van der Waals surface area contributed by atoms with Crippen LogP contribution in [0.5, 0.6) is 0 Å². The lowest BCUT2D eigenvalue weighted by atomic mass is 10.3. The van der Waals surface area contributed by atoms with Gasteiger partial charge in [0.25, 0.3) is 0 Å². The van der Waals surface area contributed by atoms with Crippen LogP contribution in [0.2, 0.25) is 0 Å². The second kappa shape index (κ2) is 1.75. The van der Waals surface area contributed by atoms with Gasteiger partial charge in [0.1, 0.15) is 0 Å². The molecule has 0 unspecified atom stereocenters. The zero-order valence-corrected chi connectivity index (χ0v) is 5.75. The number of thiol groups is 2. The maximum atomic E-state index is 4.23. The van der Waals surface area contributed by atoms with Crippen LogP contribution in [-0.2, 0) is 0 Å². The van der Waals surface area contributed by atoms with Crippen molar-refractivity contribution in [3.63, 3.8) is 0 Å². The molecular weight excluding hydrogens is 124 g/mol. The van der Waals surface area contributed by atoms with Gasteiger partial charge < -0.3 is 0 Å². The van der Waals surface area contributed by atoms with Gasteiger partial charge in [0.2, 0.25) is 0 Å². The monoisotopic (exact) mass is 132 g/mol. The SMILES string of the molecule is SC1(S)C=CCC1. The highest BCUT2D eigenvalue weighted by molar-refractivity contribution is 8.00. The summed E-state index contributed by atoms with van der Waals surface area (Å²) in [4.78, 5) is 0. The van der Waals surface area contributed by atoms with E-state index >= 15 is 0 Å². The molecule has 7 heavy (non-hydrogen) atoms. The van der Waals surface area contributed by atoms with E-state index in [1.165, 1.54) is 0 Å². The van der Waals surface area contributed by atoms with Crippen molar-refractivity contribution in [1.29, 1.82) is 0 Å². The van der Waals surface area contributed by atoms with Gasteiger partial charge in [0.15, 0.2) is 0 Å². The maximum Gasteiger partial charge on any atom is 0.0735 e. The fraction of sp³-hybridized carbons (Fsp3) is 0.600.